The van der Waals surface area contributed by atoms with Crippen LogP contribution in [0.4, 0.5) is 0 Å². The standard InChI is InChI=1S/C18H19NO2/c20-18(19-12-14-10-11-14)17-9-5-4-6-15(17)13-21-16-7-2-1-3-8-16/h1-9,14H,10-13H2,(H,19,20). The third kappa shape index (κ3) is 3.85. The lowest BCUT2D eigenvalue weighted by atomic mass is 10.1. The summed E-state index contributed by atoms with van der Waals surface area (Å²) in [4.78, 5) is 12.2. The maximum absolute atomic E-state index is 12.2. The molecule has 1 N–H and O–H groups in total. The van der Waals surface area contributed by atoms with E-state index in [1.54, 1.807) is 0 Å². The van der Waals surface area contributed by atoms with Crippen molar-refractivity contribution in [3.63, 3.8) is 0 Å². The van der Waals surface area contributed by atoms with Gasteiger partial charge in [-0.3, -0.25) is 4.79 Å². The molecule has 3 heteroatoms. The van der Waals surface area contributed by atoms with Gasteiger partial charge in [0.15, 0.2) is 0 Å². The van der Waals surface area contributed by atoms with Crippen LogP contribution in [0.15, 0.2) is 54.6 Å². The van der Waals surface area contributed by atoms with Crippen molar-refractivity contribution < 1.29 is 9.53 Å². The fourth-order valence-electron chi connectivity index (χ4n) is 2.20. The molecule has 0 aliphatic heterocycles. The fourth-order valence-corrected chi connectivity index (χ4v) is 2.20. The molecule has 3 nitrogen and oxygen atoms in total. The van der Waals surface area contributed by atoms with Gasteiger partial charge < -0.3 is 10.1 Å². The molecule has 2 aromatic carbocycles. The van der Waals surface area contributed by atoms with Crippen LogP contribution in [-0.2, 0) is 6.61 Å². The molecule has 1 fully saturated rings. The van der Waals surface area contributed by atoms with E-state index in [4.69, 9.17) is 4.74 Å². The highest BCUT2D eigenvalue weighted by Crippen LogP contribution is 2.27. The van der Waals surface area contributed by atoms with Gasteiger partial charge in [-0.15, -0.1) is 0 Å². The summed E-state index contributed by atoms with van der Waals surface area (Å²) in [6, 6.07) is 17.3. The van der Waals surface area contributed by atoms with Gasteiger partial charge in [-0.25, -0.2) is 0 Å². The van der Waals surface area contributed by atoms with Crippen LogP contribution in [-0.4, -0.2) is 12.5 Å². The lowest BCUT2D eigenvalue weighted by Gasteiger charge is -2.11. The number of hydrogen-bond acceptors (Lipinski definition) is 2. The summed E-state index contributed by atoms with van der Waals surface area (Å²) in [7, 11) is 0. The van der Waals surface area contributed by atoms with Crippen molar-refractivity contribution in [2.45, 2.75) is 19.4 Å². The van der Waals surface area contributed by atoms with E-state index in [0.29, 0.717) is 18.1 Å². The molecule has 0 saturated heterocycles. The first-order valence-electron chi connectivity index (χ1n) is 7.37. The smallest absolute Gasteiger partial charge is 0.251 e. The number of hydrogen-bond donors (Lipinski definition) is 1. The Morgan fingerprint density at radius 2 is 1.76 bits per heavy atom. The monoisotopic (exact) mass is 281 g/mol. The molecule has 1 aliphatic rings. The van der Waals surface area contributed by atoms with Gasteiger partial charge in [0.25, 0.3) is 5.91 Å². The fraction of sp³-hybridized carbons (Fsp3) is 0.278. The normalized spacial score (nSPS) is 13.7. The average molecular weight is 281 g/mol. The second-order valence-electron chi connectivity index (χ2n) is 5.41. The van der Waals surface area contributed by atoms with Crippen LogP contribution in [0.1, 0.15) is 28.8 Å². The Bertz CT molecular complexity index is 606. The molecular weight excluding hydrogens is 262 g/mol. The lowest BCUT2D eigenvalue weighted by molar-refractivity contribution is 0.0949. The number of carbonyl (C=O) groups is 1. The Morgan fingerprint density at radius 1 is 1.05 bits per heavy atom. The summed E-state index contributed by atoms with van der Waals surface area (Å²) in [5.74, 6) is 1.49. The van der Waals surface area contributed by atoms with Crippen molar-refractivity contribution in [2.24, 2.45) is 5.92 Å². The summed E-state index contributed by atoms with van der Waals surface area (Å²) in [5, 5.41) is 3.00. The van der Waals surface area contributed by atoms with E-state index in [9.17, 15) is 4.79 Å². The van der Waals surface area contributed by atoms with E-state index >= 15 is 0 Å². The Morgan fingerprint density at radius 3 is 2.52 bits per heavy atom. The highest BCUT2D eigenvalue weighted by atomic mass is 16.5. The lowest BCUT2D eigenvalue weighted by Crippen LogP contribution is -2.26. The van der Waals surface area contributed by atoms with E-state index < -0.39 is 0 Å². The van der Waals surface area contributed by atoms with Crippen LogP contribution < -0.4 is 10.1 Å². The highest BCUT2D eigenvalue weighted by Gasteiger charge is 2.22. The Labute approximate surface area is 124 Å². The Kier molecular flexibility index (Phi) is 4.20. The number of benzene rings is 2. The number of ether oxygens (including phenoxy) is 1. The third-order valence-corrected chi connectivity index (χ3v) is 3.65. The first-order valence-corrected chi connectivity index (χ1v) is 7.37. The predicted molar refractivity (Wildman–Crippen MR) is 82.3 cm³/mol. The maximum atomic E-state index is 12.2. The zero-order chi connectivity index (χ0) is 14.5. The number of rotatable bonds is 6. The quantitative estimate of drug-likeness (QED) is 0.881. The van der Waals surface area contributed by atoms with Gasteiger partial charge in [0.2, 0.25) is 0 Å². The maximum Gasteiger partial charge on any atom is 0.251 e. The molecule has 0 radical (unpaired) electrons. The van der Waals surface area contributed by atoms with Crippen LogP contribution in [0.5, 0.6) is 5.75 Å². The summed E-state index contributed by atoms with van der Waals surface area (Å²) in [6.45, 7) is 1.18. The van der Waals surface area contributed by atoms with Gasteiger partial charge in [0.05, 0.1) is 0 Å². The minimum atomic E-state index is -0.00541. The predicted octanol–water partition coefficient (Wildman–Crippen LogP) is 3.41. The van der Waals surface area contributed by atoms with Gasteiger partial charge in [-0.1, -0.05) is 36.4 Å². The summed E-state index contributed by atoms with van der Waals surface area (Å²) in [5.41, 5.74) is 1.61. The van der Waals surface area contributed by atoms with Crippen LogP contribution in [0, 0.1) is 5.92 Å². The molecule has 0 atom stereocenters. The topological polar surface area (TPSA) is 38.3 Å². The number of carbonyl (C=O) groups excluding carboxylic acids is 1. The molecule has 1 saturated carbocycles. The molecule has 2 aromatic rings. The second-order valence-corrected chi connectivity index (χ2v) is 5.41. The first-order chi connectivity index (χ1) is 10.3. The molecule has 0 aromatic heterocycles. The molecule has 0 heterocycles. The largest absolute Gasteiger partial charge is 0.489 e. The van der Waals surface area contributed by atoms with E-state index in [1.165, 1.54) is 12.8 Å². The average Bonchev–Trinajstić information content (AvgIpc) is 3.36. The molecule has 3 rings (SSSR count). The number of para-hydroxylation sites is 1. The molecule has 108 valence electrons. The zero-order valence-corrected chi connectivity index (χ0v) is 11.9. The van der Waals surface area contributed by atoms with E-state index in [-0.39, 0.29) is 5.91 Å². The molecule has 0 unspecified atom stereocenters. The van der Waals surface area contributed by atoms with Crippen molar-refractivity contribution in [3.8, 4) is 5.75 Å². The van der Waals surface area contributed by atoms with E-state index in [1.807, 2.05) is 54.6 Å². The Balaban J connectivity index is 1.65. The number of amides is 1. The molecule has 1 amide bonds. The third-order valence-electron chi connectivity index (χ3n) is 3.65. The van der Waals surface area contributed by atoms with Gasteiger partial charge in [0, 0.05) is 17.7 Å². The molecule has 0 bridgehead atoms. The van der Waals surface area contributed by atoms with E-state index in [2.05, 4.69) is 5.32 Å². The van der Waals surface area contributed by atoms with Crippen LogP contribution in [0.3, 0.4) is 0 Å². The minimum absolute atomic E-state index is 0.00541. The zero-order valence-electron chi connectivity index (χ0n) is 11.9. The van der Waals surface area contributed by atoms with Gasteiger partial charge in [-0.05, 0) is 37.0 Å². The van der Waals surface area contributed by atoms with Gasteiger partial charge in [0.1, 0.15) is 12.4 Å². The molecule has 0 spiro atoms. The van der Waals surface area contributed by atoms with Crippen molar-refractivity contribution in [1.29, 1.82) is 0 Å². The van der Waals surface area contributed by atoms with Crippen molar-refractivity contribution in [1.82, 2.24) is 5.32 Å². The van der Waals surface area contributed by atoms with Crippen LogP contribution >= 0.6 is 0 Å². The van der Waals surface area contributed by atoms with Crippen LogP contribution in [0.2, 0.25) is 0 Å². The summed E-state index contributed by atoms with van der Waals surface area (Å²) >= 11 is 0. The van der Waals surface area contributed by atoms with E-state index in [0.717, 1.165) is 17.9 Å². The van der Waals surface area contributed by atoms with Gasteiger partial charge in [-0.2, -0.15) is 0 Å². The second kappa shape index (κ2) is 6.44. The Hall–Kier alpha value is -2.29. The van der Waals surface area contributed by atoms with Gasteiger partial charge >= 0.3 is 0 Å². The van der Waals surface area contributed by atoms with Crippen molar-refractivity contribution in [3.05, 3.63) is 65.7 Å². The van der Waals surface area contributed by atoms with Crippen LogP contribution in [0.25, 0.3) is 0 Å². The minimum Gasteiger partial charge on any atom is -0.489 e. The summed E-state index contributed by atoms with van der Waals surface area (Å²) < 4.78 is 5.74. The molecule has 21 heavy (non-hydrogen) atoms. The molecular formula is C18H19NO2. The van der Waals surface area contributed by atoms with Crippen molar-refractivity contribution >= 4 is 5.91 Å². The first kappa shape index (κ1) is 13.7. The molecule has 1 aliphatic carbocycles. The summed E-state index contributed by atoms with van der Waals surface area (Å²) in [6.07, 6.45) is 2.47. The highest BCUT2D eigenvalue weighted by molar-refractivity contribution is 5.95. The van der Waals surface area contributed by atoms with Crippen molar-refractivity contribution in [2.75, 3.05) is 6.54 Å². The SMILES string of the molecule is O=C(NCC1CC1)c1ccccc1COc1ccccc1. The number of nitrogens with one attached hydrogen (secondary N) is 1.